The van der Waals surface area contributed by atoms with Gasteiger partial charge in [-0.1, -0.05) is 29.5 Å². The number of thioether (sulfide) groups is 1. The largest absolute Gasteiger partial charge is 0.497 e. The fraction of sp³-hybridized carbons (Fsp3) is 0.154. The Bertz CT molecular complexity index is 1430. The normalized spacial score (nSPS) is 11.3. The minimum atomic E-state index is -0.468. The fourth-order valence-corrected chi connectivity index (χ4v) is 4.16. The van der Waals surface area contributed by atoms with Crippen LogP contribution in [0.15, 0.2) is 83.1 Å². The van der Waals surface area contributed by atoms with Crippen LogP contribution >= 0.6 is 11.8 Å². The number of nitrogens with zero attached hydrogens (tertiary/aromatic N) is 5. The Hall–Kier alpha value is -4.51. The summed E-state index contributed by atoms with van der Waals surface area (Å²) in [6.45, 7) is 3.73. The number of carbonyl (C=O) groups is 1. The molecule has 11 heteroatoms. The van der Waals surface area contributed by atoms with E-state index in [-0.39, 0.29) is 17.3 Å². The van der Waals surface area contributed by atoms with Crippen molar-refractivity contribution in [3.05, 3.63) is 94.0 Å². The first-order valence-electron chi connectivity index (χ1n) is 11.2. The topological polar surface area (TPSA) is 125 Å². The molecule has 37 heavy (non-hydrogen) atoms. The van der Waals surface area contributed by atoms with Crippen LogP contribution in [0.5, 0.6) is 5.75 Å². The molecule has 0 fully saturated rings. The molecule has 0 aliphatic carbocycles. The Kier molecular flexibility index (Phi) is 7.94. The second-order valence-corrected chi connectivity index (χ2v) is 8.97. The van der Waals surface area contributed by atoms with Crippen molar-refractivity contribution in [1.29, 1.82) is 0 Å². The number of aryl methyl sites for hydroxylation is 1. The number of hydrazone groups is 1. The van der Waals surface area contributed by atoms with Gasteiger partial charge >= 0.3 is 0 Å². The van der Waals surface area contributed by atoms with Crippen LogP contribution in [0.1, 0.15) is 18.1 Å². The first-order chi connectivity index (χ1) is 17.9. The zero-order chi connectivity index (χ0) is 26.4. The smallest absolute Gasteiger partial charge is 0.269 e. The third-order valence-corrected chi connectivity index (χ3v) is 6.38. The molecular weight excluding hydrogens is 492 g/mol. The average molecular weight is 517 g/mol. The van der Waals surface area contributed by atoms with E-state index in [1.165, 1.54) is 23.9 Å². The Morgan fingerprint density at radius 3 is 2.35 bits per heavy atom. The zero-order valence-electron chi connectivity index (χ0n) is 20.4. The molecule has 0 radical (unpaired) electrons. The van der Waals surface area contributed by atoms with Gasteiger partial charge in [0.25, 0.3) is 11.6 Å². The van der Waals surface area contributed by atoms with Crippen LogP contribution in [0.25, 0.3) is 17.1 Å². The standard InChI is InChI=1S/C26H24N6O4S/c1-17-4-10-21(11-5-17)31-25(20-8-14-23(36-3)15-9-20)29-30-26(31)37-16-24(33)28-27-18(2)19-6-12-22(13-7-19)32(34)35/h4-15H,16H2,1-3H3,(H,28,33). The SMILES string of the molecule is COc1ccc(-c2nnc(SCC(=O)NN=C(C)c3ccc([N+](=O)[O-])cc3)n2-c2ccc(C)cc2)cc1. The van der Waals surface area contributed by atoms with Crippen molar-refractivity contribution in [2.75, 3.05) is 12.9 Å². The number of rotatable bonds is 9. The summed E-state index contributed by atoms with van der Waals surface area (Å²) < 4.78 is 7.16. The summed E-state index contributed by atoms with van der Waals surface area (Å²) in [6, 6.07) is 21.5. The van der Waals surface area contributed by atoms with E-state index in [2.05, 4.69) is 20.7 Å². The molecule has 4 aromatic rings. The maximum Gasteiger partial charge on any atom is 0.269 e. The number of methoxy groups -OCH3 is 1. The number of benzene rings is 3. The monoisotopic (exact) mass is 516 g/mol. The predicted molar refractivity (Wildman–Crippen MR) is 142 cm³/mol. The summed E-state index contributed by atoms with van der Waals surface area (Å²) >= 11 is 1.24. The van der Waals surface area contributed by atoms with Crippen molar-refractivity contribution in [2.24, 2.45) is 5.10 Å². The van der Waals surface area contributed by atoms with Gasteiger partial charge in [-0.15, -0.1) is 10.2 Å². The third-order valence-electron chi connectivity index (χ3n) is 5.45. The molecule has 4 rings (SSSR count). The van der Waals surface area contributed by atoms with Crippen molar-refractivity contribution in [3.63, 3.8) is 0 Å². The van der Waals surface area contributed by atoms with Gasteiger partial charge in [0.2, 0.25) is 0 Å². The second-order valence-electron chi connectivity index (χ2n) is 8.03. The maximum absolute atomic E-state index is 12.5. The molecule has 0 unspecified atom stereocenters. The van der Waals surface area contributed by atoms with Crippen molar-refractivity contribution < 1.29 is 14.5 Å². The number of nitrogens with one attached hydrogen (secondary N) is 1. The molecule has 0 spiro atoms. The summed E-state index contributed by atoms with van der Waals surface area (Å²) in [5.41, 5.74) is 6.56. The lowest BCUT2D eigenvalue weighted by Crippen LogP contribution is -2.21. The van der Waals surface area contributed by atoms with Crippen LogP contribution in [0.4, 0.5) is 5.69 Å². The van der Waals surface area contributed by atoms with E-state index in [4.69, 9.17) is 4.74 Å². The van der Waals surface area contributed by atoms with Crippen molar-refractivity contribution in [3.8, 4) is 22.8 Å². The van der Waals surface area contributed by atoms with Crippen molar-refractivity contribution in [2.45, 2.75) is 19.0 Å². The Labute approximate surface area is 217 Å². The third kappa shape index (κ3) is 6.19. The quantitative estimate of drug-likeness (QED) is 0.147. The zero-order valence-corrected chi connectivity index (χ0v) is 21.2. The summed E-state index contributed by atoms with van der Waals surface area (Å²) in [7, 11) is 1.61. The molecule has 0 bridgehead atoms. The summed E-state index contributed by atoms with van der Waals surface area (Å²) in [5, 5.41) is 24.2. The minimum Gasteiger partial charge on any atom is -0.497 e. The van der Waals surface area contributed by atoms with Crippen LogP contribution in [0.3, 0.4) is 0 Å². The van der Waals surface area contributed by atoms with E-state index in [1.807, 2.05) is 60.0 Å². The molecule has 0 aliphatic rings. The average Bonchev–Trinajstić information content (AvgIpc) is 3.35. The van der Waals surface area contributed by atoms with Gasteiger partial charge in [0.15, 0.2) is 11.0 Å². The summed E-state index contributed by atoms with van der Waals surface area (Å²) in [4.78, 5) is 22.9. The Morgan fingerprint density at radius 1 is 1.05 bits per heavy atom. The Morgan fingerprint density at radius 2 is 1.73 bits per heavy atom. The molecule has 1 aromatic heterocycles. The van der Waals surface area contributed by atoms with E-state index in [0.717, 1.165) is 22.6 Å². The van der Waals surface area contributed by atoms with Crippen LogP contribution in [0.2, 0.25) is 0 Å². The molecule has 1 N–H and O–H groups in total. The Balaban J connectivity index is 1.50. The lowest BCUT2D eigenvalue weighted by molar-refractivity contribution is -0.384. The molecule has 0 aliphatic heterocycles. The van der Waals surface area contributed by atoms with Gasteiger partial charge in [-0.25, -0.2) is 5.43 Å². The van der Waals surface area contributed by atoms with Gasteiger partial charge in [-0.2, -0.15) is 5.10 Å². The maximum atomic E-state index is 12.5. The van der Waals surface area contributed by atoms with Gasteiger partial charge in [-0.3, -0.25) is 19.5 Å². The van der Waals surface area contributed by atoms with Crippen LogP contribution in [-0.4, -0.2) is 44.2 Å². The number of non-ortho nitro benzene ring substituents is 1. The number of carbonyl (C=O) groups excluding carboxylic acids is 1. The highest BCUT2D eigenvalue weighted by molar-refractivity contribution is 7.99. The molecule has 10 nitrogen and oxygen atoms in total. The number of amides is 1. The van der Waals surface area contributed by atoms with Crippen LogP contribution in [-0.2, 0) is 4.79 Å². The number of aromatic nitrogens is 3. The molecule has 3 aromatic carbocycles. The molecular formula is C26H24N6O4S. The lowest BCUT2D eigenvalue weighted by Gasteiger charge is -2.11. The number of hydrogen-bond acceptors (Lipinski definition) is 8. The fourth-order valence-electron chi connectivity index (χ4n) is 3.41. The summed E-state index contributed by atoms with van der Waals surface area (Å²) in [6.07, 6.45) is 0. The molecule has 0 saturated carbocycles. The van der Waals surface area contributed by atoms with Gasteiger partial charge < -0.3 is 4.74 Å². The first kappa shape index (κ1) is 25.6. The number of nitro groups is 1. The number of nitro benzene ring substituents is 1. The van der Waals surface area contributed by atoms with Crippen molar-refractivity contribution >= 4 is 29.1 Å². The van der Waals surface area contributed by atoms with Gasteiger partial charge in [0.05, 0.1) is 23.5 Å². The number of ether oxygens (including phenoxy) is 1. The van der Waals surface area contributed by atoms with Crippen LogP contribution < -0.4 is 10.2 Å². The van der Waals surface area contributed by atoms with E-state index in [9.17, 15) is 14.9 Å². The first-order valence-corrected chi connectivity index (χ1v) is 12.2. The summed E-state index contributed by atoms with van der Waals surface area (Å²) in [5.74, 6) is 1.11. The predicted octanol–water partition coefficient (Wildman–Crippen LogP) is 4.79. The van der Waals surface area contributed by atoms with Crippen LogP contribution in [0, 0.1) is 17.0 Å². The molecule has 0 atom stereocenters. The van der Waals surface area contributed by atoms with E-state index >= 15 is 0 Å². The molecule has 1 heterocycles. The van der Waals surface area contributed by atoms with Gasteiger partial charge in [-0.05, 0) is 67.9 Å². The van der Waals surface area contributed by atoms with E-state index in [1.54, 1.807) is 26.2 Å². The highest BCUT2D eigenvalue weighted by atomic mass is 32.2. The highest BCUT2D eigenvalue weighted by Gasteiger charge is 2.17. The van der Waals surface area contributed by atoms with Gasteiger partial charge in [0.1, 0.15) is 5.75 Å². The van der Waals surface area contributed by atoms with Gasteiger partial charge in [0, 0.05) is 23.4 Å². The van der Waals surface area contributed by atoms with Crippen molar-refractivity contribution in [1.82, 2.24) is 20.2 Å². The van der Waals surface area contributed by atoms with E-state index < -0.39 is 4.92 Å². The second kappa shape index (κ2) is 11.5. The molecule has 0 saturated heterocycles. The van der Waals surface area contributed by atoms with E-state index in [0.29, 0.717) is 22.3 Å². The molecule has 1 amide bonds. The minimum absolute atomic E-state index is 0.0105. The lowest BCUT2D eigenvalue weighted by atomic mass is 10.1. The number of hydrogen-bond donors (Lipinski definition) is 1. The molecule has 188 valence electrons. The highest BCUT2D eigenvalue weighted by Crippen LogP contribution is 2.29.